The third-order valence-electron chi connectivity index (χ3n) is 2.77. The molecule has 5 nitrogen and oxygen atoms in total. The molecule has 0 bridgehead atoms. The lowest BCUT2D eigenvalue weighted by atomic mass is 10.2. The highest BCUT2D eigenvalue weighted by Gasteiger charge is 2.11. The summed E-state index contributed by atoms with van der Waals surface area (Å²) in [6, 6.07) is 13.0. The molecule has 3 aromatic rings. The van der Waals surface area contributed by atoms with Crippen molar-refractivity contribution in [1.82, 2.24) is 15.1 Å². The molecule has 104 valence electrons. The lowest BCUT2D eigenvalue weighted by Gasteiger charge is -2.03. The molecule has 2 aromatic heterocycles. The second kappa shape index (κ2) is 6.00. The van der Waals surface area contributed by atoms with Gasteiger partial charge >= 0.3 is 0 Å². The zero-order valence-corrected chi connectivity index (χ0v) is 11.3. The van der Waals surface area contributed by atoms with Crippen LogP contribution in [-0.4, -0.2) is 21.7 Å². The summed E-state index contributed by atoms with van der Waals surface area (Å²) >= 11 is 0. The fourth-order valence-corrected chi connectivity index (χ4v) is 1.81. The van der Waals surface area contributed by atoms with Crippen LogP contribution >= 0.6 is 0 Å². The normalized spacial score (nSPS) is 10.3. The minimum atomic E-state index is 0.430. The smallest absolute Gasteiger partial charge is 0.258 e. The van der Waals surface area contributed by atoms with Gasteiger partial charge in [0.15, 0.2) is 0 Å². The van der Waals surface area contributed by atoms with Gasteiger partial charge in [0, 0.05) is 11.8 Å². The largest absolute Gasteiger partial charge is 0.490 e. The van der Waals surface area contributed by atoms with Crippen LogP contribution in [0.3, 0.4) is 0 Å². The van der Waals surface area contributed by atoms with Crippen LogP contribution in [0.4, 0.5) is 0 Å². The fraction of sp³-hybridized carbons (Fsp3) is 0.0625. The van der Waals surface area contributed by atoms with E-state index in [4.69, 9.17) is 9.26 Å². The molecule has 2 heterocycles. The Labute approximate surface area is 121 Å². The summed E-state index contributed by atoms with van der Waals surface area (Å²) in [5.74, 6) is 1.62. The van der Waals surface area contributed by atoms with Crippen LogP contribution in [0.15, 0.2) is 65.8 Å². The number of hydrogen-bond donors (Lipinski definition) is 0. The number of nitrogens with zero attached hydrogens (tertiary/aromatic N) is 3. The van der Waals surface area contributed by atoms with Crippen LogP contribution in [-0.2, 0) is 0 Å². The van der Waals surface area contributed by atoms with Gasteiger partial charge in [-0.05, 0) is 30.3 Å². The summed E-state index contributed by atoms with van der Waals surface area (Å²) in [5.41, 5.74) is 1.47. The lowest BCUT2D eigenvalue weighted by molar-refractivity contribution is 0.363. The molecule has 0 radical (unpaired) electrons. The van der Waals surface area contributed by atoms with Crippen LogP contribution in [0, 0.1) is 0 Å². The number of pyridine rings is 1. The third kappa shape index (κ3) is 2.97. The van der Waals surface area contributed by atoms with Crippen molar-refractivity contribution < 1.29 is 9.26 Å². The highest BCUT2D eigenvalue weighted by molar-refractivity contribution is 5.58. The highest BCUT2D eigenvalue weighted by Crippen LogP contribution is 2.24. The number of benzene rings is 1. The predicted molar refractivity (Wildman–Crippen MR) is 78.7 cm³/mol. The van der Waals surface area contributed by atoms with E-state index in [0.717, 1.165) is 11.3 Å². The van der Waals surface area contributed by atoms with E-state index in [1.807, 2.05) is 42.5 Å². The van der Waals surface area contributed by atoms with Gasteiger partial charge in [0.05, 0.1) is 0 Å². The van der Waals surface area contributed by atoms with Crippen LogP contribution in [0.1, 0.15) is 0 Å². The summed E-state index contributed by atoms with van der Waals surface area (Å²) in [4.78, 5) is 8.55. The van der Waals surface area contributed by atoms with E-state index in [2.05, 4.69) is 21.7 Å². The van der Waals surface area contributed by atoms with Gasteiger partial charge < -0.3 is 9.26 Å². The molecule has 0 fully saturated rings. The van der Waals surface area contributed by atoms with Crippen molar-refractivity contribution in [3.63, 3.8) is 0 Å². The zero-order valence-electron chi connectivity index (χ0n) is 11.3. The second-order valence-corrected chi connectivity index (χ2v) is 4.27. The number of ether oxygens (including phenoxy) is 1. The minimum Gasteiger partial charge on any atom is -0.490 e. The molecule has 0 atom stereocenters. The Morgan fingerprint density at radius 2 is 2.14 bits per heavy atom. The Kier molecular flexibility index (Phi) is 3.73. The molecular weight excluding hydrogens is 266 g/mol. The van der Waals surface area contributed by atoms with Crippen molar-refractivity contribution in [2.75, 3.05) is 6.61 Å². The van der Waals surface area contributed by atoms with Crippen molar-refractivity contribution in [2.45, 2.75) is 0 Å². The predicted octanol–water partition coefficient (Wildman–Crippen LogP) is 3.36. The Bertz CT molecular complexity index is 738. The molecule has 0 aliphatic heterocycles. The molecule has 5 heteroatoms. The zero-order chi connectivity index (χ0) is 14.5. The van der Waals surface area contributed by atoms with Gasteiger partial charge in [-0.1, -0.05) is 29.9 Å². The van der Waals surface area contributed by atoms with Gasteiger partial charge in [0.25, 0.3) is 5.89 Å². The van der Waals surface area contributed by atoms with E-state index in [1.54, 1.807) is 12.3 Å². The SMILES string of the molecule is C=CCOc1cccc(-c2nc(-c3ccccn3)no2)c1. The summed E-state index contributed by atoms with van der Waals surface area (Å²) in [5, 5.41) is 3.95. The fourth-order valence-electron chi connectivity index (χ4n) is 1.81. The van der Waals surface area contributed by atoms with E-state index in [-0.39, 0.29) is 0 Å². The molecular formula is C16H13N3O2. The van der Waals surface area contributed by atoms with Crippen molar-refractivity contribution in [1.29, 1.82) is 0 Å². The van der Waals surface area contributed by atoms with Crippen molar-refractivity contribution in [3.8, 4) is 28.7 Å². The van der Waals surface area contributed by atoms with Gasteiger partial charge in [0.1, 0.15) is 18.1 Å². The van der Waals surface area contributed by atoms with Crippen LogP contribution in [0.25, 0.3) is 23.0 Å². The Hall–Kier alpha value is -2.95. The van der Waals surface area contributed by atoms with E-state index in [1.165, 1.54) is 0 Å². The first-order valence-corrected chi connectivity index (χ1v) is 6.46. The van der Waals surface area contributed by atoms with Crippen LogP contribution in [0.2, 0.25) is 0 Å². The van der Waals surface area contributed by atoms with Crippen molar-refractivity contribution >= 4 is 0 Å². The van der Waals surface area contributed by atoms with Gasteiger partial charge in [-0.3, -0.25) is 4.98 Å². The Morgan fingerprint density at radius 1 is 1.19 bits per heavy atom. The number of aromatic nitrogens is 3. The number of hydrogen-bond acceptors (Lipinski definition) is 5. The van der Waals surface area contributed by atoms with Gasteiger partial charge in [0.2, 0.25) is 5.82 Å². The summed E-state index contributed by atoms with van der Waals surface area (Å²) in [6.45, 7) is 4.07. The van der Waals surface area contributed by atoms with Crippen LogP contribution in [0.5, 0.6) is 5.75 Å². The average Bonchev–Trinajstić information content (AvgIpc) is 3.04. The van der Waals surface area contributed by atoms with E-state index < -0.39 is 0 Å². The minimum absolute atomic E-state index is 0.430. The van der Waals surface area contributed by atoms with E-state index >= 15 is 0 Å². The first-order valence-electron chi connectivity index (χ1n) is 6.46. The molecule has 21 heavy (non-hydrogen) atoms. The van der Waals surface area contributed by atoms with E-state index in [9.17, 15) is 0 Å². The molecule has 0 spiro atoms. The molecule has 0 aliphatic rings. The maximum atomic E-state index is 5.49. The summed E-state index contributed by atoms with van der Waals surface area (Å²) in [6.07, 6.45) is 3.38. The molecule has 0 saturated carbocycles. The maximum Gasteiger partial charge on any atom is 0.258 e. The molecule has 1 aromatic carbocycles. The summed E-state index contributed by atoms with van der Waals surface area (Å²) < 4.78 is 10.8. The molecule has 0 aliphatic carbocycles. The first-order chi connectivity index (χ1) is 10.4. The summed E-state index contributed by atoms with van der Waals surface area (Å²) in [7, 11) is 0. The monoisotopic (exact) mass is 279 g/mol. The van der Waals surface area contributed by atoms with Gasteiger partial charge in [-0.2, -0.15) is 4.98 Å². The third-order valence-corrected chi connectivity index (χ3v) is 2.77. The van der Waals surface area contributed by atoms with Gasteiger partial charge in [-0.25, -0.2) is 0 Å². The highest BCUT2D eigenvalue weighted by atomic mass is 16.5. The molecule has 0 N–H and O–H groups in total. The molecule has 3 rings (SSSR count). The quantitative estimate of drug-likeness (QED) is 0.670. The number of rotatable bonds is 5. The molecule has 0 unspecified atom stereocenters. The molecule has 0 amide bonds. The standard InChI is InChI=1S/C16H13N3O2/c1-2-10-20-13-7-5-6-12(11-13)16-18-15(19-21-16)14-8-3-4-9-17-14/h2-9,11H,1,10H2. The van der Waals surface area contributed by atoms with Crippen molar-refractivity contribution in [2.24, 2.45) is 0 Å². The van der Waals surface area contributed by atoms with Gasteiger partial charge in [-0.15, -0.1) is 0 Å². The first kappa shape index (κ1) is 13.1. The maximum absolute atomic E-state index is 5.49. The molecule has 0 saturated heterocycles. The Morgan fingerprint density at radius 3 is 2.95 bits per heavy atom. The second-order valence-electron chi connectivity index (χ2n) is 4.27. The van der Waals surface area contributed by atoms with Crippen molar-refractivity contribution in [3.05, 3.63) is 61.3 Å². The average molecular weight is 279 g/mol. The van der Waals surface area contributed by atoms with Crippen LogP contribution < -0.4 is 4.74 Å². The lowest BCUT2D eigenvalue weighted by Crippen LogP contribution is -1.92. The topological polar surface area (TPSA) is 61.0 Å². The van der Waals surface area contributed by atoms with E-state index in [0.29, 0.717) is 24.0 Å². The Balaban J connectivity index is 1.88.